The van der Waals surface area contributed by atoms with Crippen LogP contribution >= 0.6 is 11.8 Å². The zero-order chi connectivity index (χ0) is 19.5. The number of fused-ring (bicyclic) bond motifs is 1. The SMILES string of the molecule is CCc1ccc2cc(-c3cc(C)ccc3SCc3ccccc3)c(C=O)n2c1. The summed E-state index contributed by atoms with van der Waals surface area (Å²) >= 11 is 1.82. The lowest BCUT2D eigenvalue weighted by molar-refractivity contribution is 0.111. The van der Waals surface area contributed by atoms with Gasteiger partial charge in [0.2, 0.25) is 0 Å². The number of aryl methyl sites for hydroxylation is 2. The van der Waals surface area contributed by atoms with E-state index in [-0.39, 0.29) is 0 Å². The fourth-order valence-electron chi connectivity index (χ4n) is 3.49. The third kappa shape index (κ3) is 3.63. The minimum absolute atomic E-state index is 0.720. The highest BCUT2D eigenvalue weighted by molar-refractivity contribution is 7.98. The van der Waals surface area contributed by atoms with E-state index in [2.05, 4.69) is 80.7 Å². The van der Waals surface area contributed by atoms with Crippen LogP contribution in [0.15, 0.2) is 77.8 Å². The first-order valence-electron chi connectivity index (χ1n) is 9.56. The van der Waals surface area contributed by atoms with E-state index in [0.717, 1.165) is 40.8 Å². The molecule has 2 aromatic carbocycles. The molecule has 0 aliphatic rings. The van der Waals surface area contributed by atoms with Crippen molar-refractivity contribution in [3.05, 3.63) is 95.3 Å². The van der Waals surface area contributed by atoms with E-state index in [1.807, 2.05) is 22.2 Å². The molecule has 2 aromatic heterocycles. The molecule has 140 valence electrons. The first-order chi connectivity index (χ1) is 13.7. The largest absolute Gasteiger partial charge is 0.313 e. The summed E-state index contributed by atoms with van der Waals surface area (Å²) in [5.41, 5.74) is 7.62. The fraction of sp³-hybridized carbons (Fsp3) is 0.160. The topological polar surface area (TPSA) is 21.5 Å². The normalized spacial score (nSPS) is 11.1. The van der Waals surface area contributed by atoms with E-state index < -0.39 is 0 Å². The van der Waals surface area contributed by atoms with Crippen LogP contribution in [-0.4, -0.2) is 10.7 Å². The van der Waals surface area contributed by atoms with Crippen molar-refractivity contribution in [2.75, 3.05) is 0 Å². The van der Waals surface area contributed by atoms with Gasteiger partial charge in [-0.3, -0.25) is 4.79 Å². The van der Waals surface area contributed by atoms with Crippen LogP contribution < -0.4 is 0 Å². The second kappa shape index (κ2) is 8.07. The van der Waals surface area contributed by atoms with Gasteiger partial charge in [-0.25, -0.2) is 0 Å². The molecule has 0 N–H and O–H groups in total. The van der Waals surface area contributed by atoms with Gasteiger partial charge in [-0.15, -0.1) is 11.8 Å². The van der Waals surface area contributed by atoms with Gasteiger partial charge in [-0.2, -0.15) is 0 Å². The average molecular weight is 386 g/mol. The second-order valence-electron chi connectivity index (χ2n) is 7.02. The molecule has 4 rings (SSSR count). The number of pyridine rings is 1. The van der Waals surface area contributed by atoms with Crippen molar-refractivity contribution in [3.8, 4) is 11.1 Å². The van der Waals surface area contributed by atoms with Crippen LogP contribution in [0, 0.1) is 6.92 Å². The zero-order valence-electron chi connectivity index (χ0n) is 16.2. The number of hydrogen-bond donors (Lipinski definition) is 0. The molecule has 2 heterocycles. The summed E-state index contributed by atoms with van der Waals surface area (Å²) in [6.45, 7) is 4.23. The van der Waals surface area contributed by atoms with Gasteiger partial charge >= 0.3 is 0 Å². The minimum atomic E-state index is 0.720. The van der Waals surface area contributed by atoms with Crippen molar-refractivity contribution < 1.29 is 4.79 Å². The summed E-state index contributed by atoms with van der Waals surface area (Å²) in [7, 11) is 0. The molecule has 0 fully saturated rings. The maximum Gasteiger partial charge on any atom is 0.167 e. The Kier molecular flexibility index (Phi) is 5.36. The summed E-state index contributed by atoms with van der Waals surface area (Å²) in [4.78, 5) is 13.2. The predicted molar refractivity (Wildman–Crippen MR) is 118 cm³/mol. The standard InChI is InChI=1S/C25H23NOS/c1-3-19-10-11-21-14-22(24(16-27)26(21)15-19)23-13-18(2)9-12-25(23)28-17-20-7-5-4-6-8-20/h4-16H,3,17H2,1-2H3. The molecule has 4 aromatic rings. The quantitative estimate of drug-likeness (QED) is 0.276. The van der Waals surface area contributed by atoms with Gasteiger partial charge in [-0.1, -0.05) is 61.0 Å². The van der Waals surface area contributed by atoms with Crippen molar-refractivity contribution in [1.29, 1.82) is 0 Å². The number of hydrogen-bond acceptors (Lipinski definition) is 2. The number of rotatable bonds is 6. The van der Waals surface area contributed by atoms with Crippen LogP contribution in [0.1, 0.15) is 34.1 Å². The number of benzene rings is 2. The predicted octanol–water partition coefficient (Wildman–Crippen LogP) is 6.58. The Labute approximate surface area is 170 Å². The van der Waals surface area contributed by atoms with Crippen molar-refractivity contribution >= 4 is 23.6 Å². The molecular formula is C25H23NOS. The Morgan fingerprint density at radius 1 is 0.929 bits per heavy atom. The van der Waals surface area contributed by atoms with Gasteiger partial charge in [-0.05, 0) is 48.2 Å². The minimum Gasteiger partial charge on any atom is -0.313 e. The van der Waals surface area contributed by atoms with Crippen molar-refractivity contribution in [3.63, 3.8) is 0 Å². The molecule has 0 spiro atoms. The molecule has 0 saturated heterocycles. The summed E-state index contributed by atoms with van der Waals surface area (Å²) in [6, 6.07) is 23.4. The van der Waals surface area contributed by atoms with E-state index in [9.17, 15) is 4.79 Å². The van der Waals surface area contributed by atoms with Gasteiger partial charge in [0.05, 0.1) is 5.69 Å². The fourth-order valence-corrected chi connectivity index (χ4v) is 4.50. The zero-order valence-corrected chi connectivity index (χ0v) is 17.0. The van der Waals surface area contributed by atoms with E-state index in [1.54, 1.807) is 0 Å². The Morgan fingerprint density at radius 3 is 2.50 bits per heavy atom. The third-order valence-corrected chi connectivity index (χ3v) is 6.20. The lowest BCUT2D eigenvalue weighted by atomic mass is 10.0. The smallest absolute Gasteiger partial charge is 0.167 e. The van der Waals surface area contributed by atoms with Crippen LogP contribution in [0.5, 0.6) is 0 Å². The monoisotopic (exact) mass is 385 g/mol. The van der Waals surface area contributed by atoms with E-state index >= 15 is 0 Å². The lowest BCUT2D eigenvalue weighted by Crippen LogP contribution is -1.95. The lowest BCUT2D eigenvalue weighted by Gasteiger charge is -2.11. The molecule has 28 heavy (non-hydrogen) atoms. The highest BCUT2D eigenvalue weighted by Gasteiger charge is 2.15. The van der Waals surface area contributed by atoms with E-state index in [4.69, 9.17) is 0 Å². The first kappa shape index (κ1) is 18.6. The molecule has 0 unspecified atom stereocenters. The molecule has 0 bridgehead atoms. The molecule has 0 aliphatic carbocycles. The van der Waals surface area contributed by atoms with Gasteiger partial charge < -0.3 is 4.40 Å². The number of aldehydes is 1. The van der Waals surface area contributed by atoms with Gasteiger partial charge in [0, 0.05) is 27.9 Å². The van der Waals surface area contributed by atoms with Crippen LogP contribution in [0.3, 0.4) is 0 Å². The van der Waals surface area contributed by atoms with Gasteiger partial charge in [0.15, 0.2) is 6.29 Å². The molecule has 0 radical (unpaired) electrons. The molecule has 0 saturated carbocycles. The first-order valence-corrected chi connectivity index (χ1v) is 10.5. The third-order valence-electron chi connectivity index (χ3n) is 5.05. The summed E-state index contributed by atoms with van der Waals surface area (Å²) < 4.78 is 2.02. The molecule has 0 aliphatic heterocycles. The van der Waals surface area contributed by atoms with Gasteiger partial charge in [0.25, 0.3) is 0 Å². The van der Waals surface area contributed by atoms with Crippen molar-refractivity contribution in [1.82, 2.24) is 4.40 Å². The maximum atomic E-state index is 12.0. The molecular weight excluding hydrogens is 362 g/mol. The highest BCUT2D eigenvalue weighted by Crippen LogP contribution is 2.37. The highest BCUT2D eigenvalue weighted by atomic mass is 32.2. The second-order valence-corrected chi connectivity index (χ2v) is 8.04. The number of carbonyl (C=O) groups is 1. The average Bonchev–Trinajstić information content (AvgIpc) is 3.11. The Balaban J connectivity index is 1.80. The molecule has 0 atom stereocenters. The maximum absolute atomic E-state index is 12.0. The number of nitrogens with zero attached hydrogens (tertiary/aromatic N) is 1. The summed E-state index contributed by atoms with van der Waals surface area (Å²) in [5, 5.41) is 0. The van der Waals surface area contributed by atoms with Crippen LogP contribution in [0.25, 0.3) is 16.6 Å². The number of thioether (sulfide) groups is 1. The Bertz CT molecular complexity index is 1130. The summed E-state index contributed by atoms with van der Waals surface area (Å²) in [6.07, 6.45) is 4.01. The van der Waals surface area contributed by atoms with E-state index in [1.165, 1.54) is 21.6 Å². The van der Waals surface area contributed by atoms with Crippen LogP contribution in [-0.2, 0) is 12.2 Å². The van der Waals surface area contributed by atoms with Gasteiger partial charge in [0.1, 0.15) is 0 Å². The van der Waals surface area contributed by atoms with Crippen molar-refractivity contribution in [2.24, 2.45) is 0 Å². The van der Waals surface area contributed by atoms with Crippen LogP contribution in [0.2, 0.25) is 0 Å². The molecule has 3 heteroatoms. The van der Waals surface area contributed by atoms with E-state index in [0.29, 0.717) is 0 Å². The van der Waals surface area contributed by atoms with Crippen molar-refractivity contribution in [2.45, 2.75) is 30.9 Å². The molecule has 0 amide bonds. The molecule has 2 nitrogen and oxygen atoms in total. The number of aromatic nitrogens is 1. The van der Waals surface area contributed by atoms with Crippen LogP contribution in [0.4, 0.5) is 0 Å². The Hall–Kier alpha value is -2.78. The number of carbonyl (C=O) groups excluding carboxylic acids is 1. The summed E-state index contributed by atoms with van der Waals surface area (Å²) in [5.74, 6) is 0.903. The Morgan fingerprint density at radius 2 is 1.75 bits per heavy atom.